The van der Waals surface area contributed by atoms with Crippen LogP contribution in [0.4, 0.5) is 5.69 Å². The number of nitrogens with two attached hydrogens (primary N) is 1. The number of hydrogen-bond acceptors (Lipinski definition) is 8. The smallest absolute Gasteiger partial charge is 0.242 e. The highest BCUT2D eigenvalue weighted by atomic mass is 32.2. The van der Waals surface area contributed by atoms with Crippen molar-refractivity contribution >= 4 is 22.3 Å². The molecule has 1 unspecified atom stereocenters. The standard InChI is InChI=1S/C31H33N5O4S/c1-21-8-7-13-26(34-21)27-19-33-29(36(27)30-28(39-20-40-30)18-22-9-3-2-4-10-22)23-14-16-35(17-15-23)31(41(37)38)24-11-5-6-12-25(24)32/h2-13,19,23,31,41H,14-18,20,32H2,1H3. The summed E-state index contributed by atoms with van der Waals surface area (Å²) in [4.78, 5) is 11.7. The molecule has 1 atom stereocenters. The molecule has 2 aliphatic rings. The number of para-hydroxylation sites is 1. The van der Waals surface area contributed by atoms with Gasteiger partial charge in [0.2, 0.25) is 12.7 Å². The first kappa shape index (κ1) is 27.0. The van der Waals surface area contributed by atoms with E-state index >= 15 is 0 Å². The van der Waals surface area contributed by atoms with E-state index in [1.54, 1.807) is 12.1 Å². The molecule has 10 heteroatoms. The van der Waals surface area contributed by atoms with Gasteiger partial charge >= 0.3 is 0 Å². The van der Waals surface area contributed by atoms with Crippen molar-refractivity contribution in [1.29, 1.82) is 0 Å². The molecule has 9 nitrogen and oxygen atoms in total. The van der Waals surface area contributed by atoms with Crippen LogP contribution in [0.2, 0.25) is 0 Å². The summed E-state index contributed by atoms with van der Waals surface area (Å²) in [5.74, 6) is 2.30. The number of thiol groups is 1. The van der Waals surface area contributed by atoms with E-state index in [0.29, 0.717) is 36.6 Å². The maximum absolute atomic E-state index is 12.4. The largest absolute Gasteiger partial charge is 0.456 e. The van der Waals surface area contributed by atoms with E-state index in [9.17, 15) is 8.42 Å². The Bertz CT molecular complexity index is 1630. The van der Waals surface area contributed by atoms with Gasteiger partial charge in [0.25, 0.3) is 0 Å². The van der Waals surface area contributed by atoms with Crippen LogP contribution in [0.3, 0.4) is 0 Å². The third-order valence-corrected chi connectivity index (χ3v) is 8.74. The number of anilines is 1. The Morgan fingerprint density at radius 1 is 0.976 bits per heavy atom. The minimum atomic E-state index is -2.75. The van der Waals surface area contributed by atoms with E-state index in [4.69, 9.17) is 25.2 Å². The number of likely N-dealkylation sites (tertiary alicyclic amines) is 1. The summed E-state index contributed by atoms with van der Waals surface area (Å²) in [6.07, 6.45) is 3.89. The molecule has 2 N–H and O–H groups in total. The van der Waals surface area contributed by atoms with E-state index in [1.807, 2.05) is 71.1 Å². The van der Waals surface area contributed by atoms with Crippen LogP contribution in [-0.4, -0.2) is 47.7 Å². The highest BCUT2D eigenvalue weighted by molar-refractivity contribution is 7.72. The van der Waals surface area contributed by atoms with Crippen LogP contribution in [0.1, 0.15) is 46.8 Å². The highest BCUT2D eigenvalue weighted by Crippen LogP contribution is 2.38. The monoisotopic (exact) mass is 571 g/mol. The molecule has 2 aromatic carbocycles. The average Bonchev–Trinajstić information content (AvgIpc) is 3.62. The molecule has 0 spiro atoms. The van der Waals surface area contributed by atoms with Crippen molar-refractivity contribution < 1.29 is 17.9 Å². The van der Waals surface area contributed by atoms with Crippen molar-refractivity contribution in [3.8, 4) is 11.4 Å². The number of nitrogens with zero attached hydrogens (tertiary/aromatic N) is 4. The zero-order valence-corrected chi connectivity index (χ0v) is 23.7. The van der Waals surface area contributed by atoms with Gasteiger partial charge in [-0.25, -0.2) is 13.4 Å². The van der Waals surface area contributed by atoms with Crippen molar-refractivity contribution in [3.63, 3.8) is 0 Å². The third kappa shape index (κ3) is 5.57. The molecular formula is C31H33N5O4S. The molecule has 2 aromatic heterocycles. The minimum absolute atomic E-state index is 0.0813. The summed E-state index contributed by atoms with van der Waals surface area (Å²) < 4.78 is 38.9. The number of imidazole rings is 1. The maximum atomic E-state index is 12.4. The van der Waals surface area contributed by atoms with Crippen LogP contribution >= 0.6 is 0 Å². The zero-order valence-electron chi connectivity index (χ0n) is 22.8. The first-order valence-electron chi connectivity index (χ1n) is 13.8. The highest BCUT2D eigenvalue weighted by Gasteiger charge is 2.34. The van der Waals surface area contributed by atoms with Crippen LogP contribution < -0.4 is 5.73 Å². The normalized spacial score (nSPS) is 17.0. The topological polar surface area (TPSA) is 113 Å². The molecular weight excluding hydrogens is 538 g/mol. The fourth-order valence-corrected chi connectivity index (χ4v) is 6.68. The third-order valence-electron chi connectivity index (χ3n) is 7.73. The second kappa shape index (κ2) is 11.8. The van der Waals surface area contributed by atoms with Crippen LogP contribution in [0.15, 0.2) is 84.8 Å². The van der Waals surface area contributed by atoms with Gasteiger partial charge in [-0.1, -0.05) is 54.6 Å². The van der Waals surface area contributed by atoms with Gasteiger partial charge in [0, 0.05) is 42.4 Å². The number of hydrogen-bond donors (Lipinski definition) is 2. The Balaban J connectivity index is 1.34. The summed E-state index contributed by atoms with van der Waals surface area (Å²) in [5, 5.41) is -0.759. The van der Waals surface area contributed by atoms with Gasteiger partial charge in [-0.05, 0) is 43.5 Å². The lowest BCUT2D eigenvalue weighted by Crippen LogP contribution is -2.37. The quantitative estimate of drug-likeness (QED) is 0.231. The summed E-state index contributed by atoms with van der Waals surface area (Å²) >= 11 is 0. The molecule has 212 valence electrons. The van der Waals surface area contributed by atoms with Gasteiger partial charge in [-0.15, -0.1) is 0 Å². The number of aryl methyl sites for hydroxylation is 1. The Kier molecular flexibility index (Phi) is 7.76. The minimum Gasteiger partial charge on any atom is -0.456 e. The van der Waals surface area contributed by atoms with Gasteiger partial charge in [-0.2, -0.15) is 0 Å². The number of piperidine rings is 1. The van der Waals surface area contributed by atoms with Gasteiger partial charge < -0.3 is 15.2 Å². The van der Waals surface area contributed by atoms with Gasteiger partial charge in [-0.3, -0.25) is 14.5 Å². The van der Waals surface area contributed by atoms with Gasteiger partial charge in [0.05, 0.1) is 17.6 Å². The number of pyridine rings is 1. The van der Waals surface area contributed by atoms with Crippen molar-refractivity contribution in [2.75, 3.05) is 25.6 Å². The van der Waals surface area contributed by atoms with E-state index in [0.717, 1.165) is 47.1 Å². The number of rotatable bonds is 8. The Labute approximate surface area is 241 Å². The number of aromatic nitrogens is 3. The molecule has 0 amide bonds. The number of allylic oxidation sites excluding steroid dienone is 1. The van der Waals surface area contributed by atoms with Crippen LogP contribution in [-0.2, 0) is 26.6 Å². The molecule has 0 bridgehead atoms. The van der Waals surface area contributed by atoms with Crippen LogP contribution in [0, 0.1) is 6.92 Å². The van der Waals surface area contributed by atoms with Gasteiger partial charge in [0.15, 0.2) is 16.5 Å². The van der Waals surface area contributed by atoms with Crippen molar-refractivity contribution in [1.82, 2.24) is 19.4 Å². The summed E-state index contributed by atoms with van der Waals surface area (Å²) in [6.45, 7) is 3.27. The van der Waals surface area contributed by atoms with Crippen LogP contribution in [0.25, 0.3) is 17.3 Å². The Morgan fingerprint density at radius 3 is 2.46 bits per heavy atom. The molecule has 0 aliphatic carbocycles. The van der Waals surface area contributed by atoms with E-state index in [-0.39, 0.29) is 12.7 Å². The van der Waals surface area contributed by atoms with Crippen molar-refractivity contribution in [2.24, 2.45) is 0 Å². The Morgan fingerprint density at radius 2 is 1.73 bits per heavy atom. The molecule has 41 heavy (non-hydrogen) atoms. The fourth-order valence-electron chi connectivity index (χ4n) is 5.72. The first-order valence-corrected chi connectivity index (χ1v) is 15.0. The fraction of sp³-hybridized carbons (Fsp3) is 0.290. The summed E-state index contributed by atoms with van der Waals surface area (Å²) in [5.41, 5.74) is 10.9. The summed E-state index contributed by atoms with van der Waals surface area (Å²) in [6, 6.07) is 23.2. The number of ether oxygens (including phenoxy) is 2. The predicted molar refractivity (Wildman–Crippen MR) is 158 cm³/mol. The summed E-state index contributed by atoms with van der Waals surface area (Å²) in [7, 11) is -2.75. The lowest BCUT2D eigenvalue weighted by atomic mass is 9.95. The number of benzene rings is 2. The Hall–Kier alpha value is -4.15. The molecule has 0 saturated carbocycles. The second-order valence-electron chi connectivity index (χ2n) is 10.4. The first-order chi connectivity index (χ1) is 20.0. The van der Waals surface area contributed by atoms with E-state index in [2.05, 4.69) is 12.1 Å². The van der Waals surface area contributed by atoms with E-state index in [1.165, 1.54) is 0 Å². The predicted octanol–water partition coefficient (Wildman–Crippen LogP) is 4.70. The molecule has 4 aromatic rings. The lowest BCUT2D eigenvalue weighted by Gasteiger charge is -2.35. The molecule has 6 rings (SSSR count). The average molecular weight is 572 g/mol. The van der Waals surface area contributed by atoms with Crippen LogP contribution in [0.5, 0.6) is 0 Å². The lowest BCUT2D eigenvalue weighted by molar-refractivity contribution is 0.0820. The second-order valence-corrected chi connectivity index (χ2v) is 11.5. The molecule has 4 heterocycles. The van der Waals surface area contributed by atoms with E-state index < -0.39 is 16.1 Å². The number of nitrogen functional groups attached to an aromatic ring is 1. The van der Waals surface area contributed by atoms with Crippen molar-refractivity contribution in [3.05, 3.63) is 107 Å². The molecule has 2 aliphatic heterocycles. The maximum Gasteiger partial charge on any atom is 0.242 e. The molecule has 0 radical (unpaired) electrons. The van der Waals surface area contributed by atoms with Crippen molar-refractivity contribution in [2.45, 2.75) is 37.5 Å². The van der Waals surface area contributed by atoms with Gasteiger partial charge in [0.1, 0.15) is 11.2 Å². The molecule has 1 saturated heterocycles. The SMILES string of the molecule is Cc1cccc(-c2cnc(C3CCN(C(c4ccccc4N)[SH](=O)=O)CC3)n2C2=C(Cc3ccccc3)OCO2)n1. The zero-order chi connectivity index (χ0) is 28.3. The molecule has 1 fully saturated rings.